The molecule has 142 valence electrons. The Morgan fingerprint density at radius 3 is 2.61 bits per heavy atom. The van der Waals surface area contributed by atoms with Crippen LogP contribution in [0, 0.1) is 5.82 Å². The Morgan fingerprint density at radius 1 is 1.21 bits per heavy atom. The molecule has 0 spiro atoms. The number of nitrogens with zero attached hydrogens (tertiary/aromatic N) is 3. The molecule has 0 bridgehead atoms. The number of aromatic nitrogens is 3. The van der Waals surface area contributed by atoms with Gasteiger partial charge in [0.25, 0.3) is 11.5 Å². The highest BCUT2D eigenvalue weighted by atomic mass is 19.1. The van der Waals surface area contributed by atoms with E-state index >= 15 is 0 Å². The normalized spacial score (nSPS) is 15.1. The van der Waals surface area contributed by atoms with Crippen molar-refractivity contribution in [2.75, 3.05) is 7.11 Å². The number of amides is 1. The lowest BCUT2D eigenvalue weighted by Crippen LogP contribution is -2.30. The van der Waals surface area contributed by atoms with E-state index in [0.29, 0.717) is 35.6 Å². The number of nitrogens with one attached hydrogen (secondary N) is 1. The molecule has 1 unspecified atom stereocenters. The molecular formula is C20H17FN4O3. The number of carbonyl (C=O) groups excluding carboxylic acids is 1. The average Bonchev–Trinajstić information content (AvgIpc) is 3.12. The lowest BCUT2D eigenvalue weighted by Gasteiger charge is -2.15. The maximum absolute atomic E-state index is 13.1. The van der Waals surface area contributed by atoms with Crippen LogP contribution in [-0.4, -0.2) is 27.6 Å². The molecule has 8 heteroatoms. The van der Waals surface area contributed by atoms with Crippen LogP contribution in [0.5, 0.6) is 5.75 Å². The van der Waals surface area contributed by atoms with Gasteiger partial charge in [0.1, 0.15) is 17.3 Å². The topological polar surface area (TPSA) is 86.1 Å². The van der Waals surface area contributed by atoms with Crippen LogP contribution in [0.4, 0.5) is 4.39 Å². The van der Waals surface area contributed by atoms with Crippen LogP contribution in [0.25, 0.3) is 11.3 Å². The van der Waals surface area contributed by atoms with Crippen molar-refractivity contribution >= 4 is 5.91 Å². The quantitative estimate of drug-likeness (QED) is 0.751. The Kier molecular flexibility index (Phi) is 4.60. The van der Waals surface area contributed by atoms with Crippen LogP contribution in [0.1, 0.15) is 28.6 Å². The zero-order valence-corrected chi connectivity index (χ0v) is 15.1. The molecule has 28 heavy (non-hydrogen) atoms. The molecule has 4 rings (SSSR count). The summed E-state index contributed by atoms with van der Waals surface area (Å²) in [5.74, 6) is -0.146. The predicted octanol–water partition coefficient (Wildman–Crippen LogP) is 2.33. The van der Waals surface area contributed by atoms with E-state index in [-0.39, 0.29) is 17.2 Å². The van der Waals surface area contributed by atoms with Crippen LogP contribution >= 0.6 is 0 Å². The zero-order chi connectivity index (χ0) is 19.7. The summed E-state index contributed by atoms with van der Waals surface area (Å²) in [7, 11) is 1.43. The van der Waals surface area contributed by atoms with Crippen LogP contribution in [0.2, 0.25) is 0 Å². The highest BCUT2D eigenvalue weighted by Crippen LogP contribution is 2.30. The van der Waals surface area contributed by atoms with Crippen LogP contribution in [0.3, 0.4) is 0 Å². The molecule has 1 amide bonds. The number of halogens is 1. The van der Waals surface area contributed by atoms with Crippen molar-refractivity contribution in [3.63, 3.8) is 0 Å². The van der Waals surface area contributed by atoms with E-state index < -0.39 is 11.9 Å². The molecule has 7 nitrogen and oxygen atoms in total. The zero-order valence-electron chi connectivity index (χ0n) is 15.1. The van der Waals surface area contributed by atoms with Gasteiger partial charge in [-0.2, -0.15) is 0 Å². The first-order chi connectivity index (χ1) is 13.6. The molecular weight excluding hydrogens is 363 g/mol. The molecule has 3 aromatic rings. The van der Waals surface area contributed by atoms with Crippen molar-refractivity contribution in [3.8, 4) is 17.0 Å². The molecule has 1 aliphatic heterocycles. The second kappa shape index (κ2) is 7.22. The van der Waals surface area contributed by atoms with Crippen molar-refractivity contribution in [3.05, 3.63) is 76.4 Å². The number of pyridine rings is 1. The molecule has 0 saturated carbocycles. The number of rotatable bonds is 4. The Bertz CT molecular complexity index is 1080. The Morgan fingerprint density at radius 2 is 1.93 bits per heavy atom. The monoisotopic (exact) mass is 380 g/mol. The third-order valence-electron chi connectivity index (χ3n) is 4.68. The first-order valence-corrected chi connectivity index (χ1v) is 8.74. The van der Waals surface area contributed by atoms with Gasteiger partial charge < -0.3 is 10.1 Å². The molecule has 0 fully saturated rings. The number of methoxy groups -OCH3 is 1. The third-order valence-corrected chi connectivity index (χ3v) is 4.68. The van der Waals surface area contributed by atoms with Crippen molar-refractivity contribution in [1.29, 1.82) is 0 Å². The molecule has 0 aliphatic carbocycles. The number of fused-ring (bicyclic) bond motifs is 1. The van der Waals surface area contributed by atoms with E-state index in [1.807, 2.05) is 0 Å². The standard InChI is InChI=1S/C20H17FN4O3/c1-28-17-16(12-6-9-22-10-7-12)24-18-15(8-11-25(18)20(17)27)23-19(26)13-2-4-14(21)5-3-13/h2-7,9-10,15H,8,11H2,1H3,(H,23,26). The number of carbonyl (C=O) groups is 1. The predicted molar refractivity (Wildman–Crippen MR) is 99.5 cm³/mol. The lowest BCUT2D eigenvalue weighted by atomic mass is 10.1. The van der Waals surface area contributed by atoms with Gasteiger partial charge in [-0.3, -0.25) is 19.1 Å². The van der Waals surface area contributed by atoms with E-state index in [1.165, 1.54) is 35.9 Å². The fourth-order valence-corrected chi connectivity index (χ4v) is 3.29. The van der Waals surface area contributed by atoms with Gasteiger partial charge in [0.2, 0.25) is 5.75 Å². The van der Waals surface area contributed by atoms with Gasteiger partial charge in [-0.15, -0.1) is 0 Å². The summed E-state index contributed by atoms with van der Waals surface area (Å²) in [4.78, 5) is 34.0. The first-order valence-electron chi connectivity index (χ1n) is 8.74. The summed E-state index contributed by atoms with van der Waals surface area (Å²) in [6.45, 7) is 0.419. The lowest BCUT2D eigenvalue weighted by molar-refractivity contribution is 0.0936. The summed E-state index contributed by atoms with van der Waals surface area (Å²) in [5.41, 5.74) is 1.15. The van der Waals surface area contributed by atoms with Crippen LogP contribution in [0.15, 0.2) is 53.6 Å². The molecule has 1 aromatic carbocycles. The number of hydrogen-bond acceptors (Lipinski definition) is 5. The van der Waals surface area contributed by atoms with E-state index in [2.05, 4.69) is 15.3 Å². The Labute approximate surface area is 159 Å². The Balaban J connectivity index is 1.71. The third kappa shape index (κ3) is 3.13. The van der Waals surface area contributed by atoms with Gasteiger partial charge >= 0.3 is 0 Å². The molecule has 1 N–H and O–H groups in total. The molecule has 2 aromatic heterocycles. The van der Waals surface area contributed by atoms with Crippen molar-refractivity contribution < 1.29 is 13.9 Å². The second-order valence-electron chi connectivity index (χ2n) is 6.37. The van der Waals surface area contributed by atoms with E-state index in [4.69, 9.17) is 4.74 Å². The van der Waals surface area contributed by atoms with E-state index in [0.717, 1.165) is 0 Å². The summed E-state index contributed by atoms with van der Waals surface area (Å²) in [6, 6.07) is 8.33. The smallest absolute Gasteiger partial charge is 0.296 e. The number of benzene rings is 1. The minimum atomic E-state index is -0.434. The highest BCUT2D eigenvalue weighted by molar-refractivity contribution is 5.94. The number of ether oxygens (including phenoxy) is 1. The summed E-state index contributed by atoms with van der Waals surface area (Å²) in [5, 5.41) is 2.88. The van der Waals surface area contributed by atoms with E-state index in [9.17, 15) is 14.0 Å². The Hall–Kier alpha value is -3.55. The van der Waals surface area contributed by atoms with E-state index in [1.54, 1.807) is 24.5 Å². The van der Waals surface area contributed by atoms with Gasteiger partial charge in [0.15, 0.2) is 0 Å². The maximum Gasteiger partial charge on any atom is 0.296 e. The van der Waals surface area contributed by atoms with Crippen LogP contribution < -0.4 is 15.6 Å². The van der Waals surface area contributed by atoms with Crippen LogP contribution in [-0.2, 0) is 6.54 Å². The fraction of sp³-hybridized carbons (Fsp3) is 0.200. The van der Waals surface area contributed by atoms with Gasteiger partial charge in [0.05, 0.1) is 13.2 Å². The molecule has 3 heterocycles. The average molecular weight is 380 g/mol. The SMILES string of the molecule is COc1c(-c2ccncc2)nc2n(c1=O)CCC2NC(=O)c1ccc(F)cc1. The molecule has 1 aliphatic rings. The largest absolute Gasteiger partial charge is 0.490 e. The van der Waals surface area contributed by atoms with Gasteiger partial charge in [-0.25, -0.2) is 9.37 Å². The van der Waals surface area contributed by atoms with Gasteiger partial charge in [-0.1, -0.05) is 0 Å². The minimum Gasteiger partial charge on any atom is -0.490 e. The number of hydrogen-bond donors (Lipinski definition) is 1. The van der Waals surface area contributed by atoms with Gasteiger partial charge in [-0.05, 0) is 42.8 Å². The maximum atomic E-state index is 13.1. The first kappa shape index (κ1) is 17.8. The summed E-state index contributed by atoms with van der Waals surface area (Å²) in [6.07, 6.45) is 3.74. The summed E-state index contributed by atoms with van der Waals surface area (Å²) < 4.78 is 19.9. The molecule has 0 saturated heterocycles. The highest BCUT2D eigenvalue weighted by Gasteiger charge is 2.30. The van der Waals surface area contributed by atoms with Crippen molar-refractivity contribution in [1.82, 2.24) is 19.9 Å². The van der Waals surface area contributed by atoms with Crippen molar-refractivity contribution in [2.24, 2.45) is 0 Å². The molecule has 0 radical (unpaired) electrons. The minimum absolute atomic E-state index is 0.153. The van der Waals surface area contributed by atoms with Gasteiger partial charge in [0, 0.05) is 30.1 Å². The van der Waals surface area contributed by atoms with Crippen molar-refractivity contribution in [2.45, 2.75) is 19.0 Å². The summed E-state index contributed by atoms with van der Waals surface area (Å²) >= 11 is 0. The molecule has 1 atom stereocenters. The fourth-order valence-electron chi connectivity index (χ4n) is 3.29. The second-order valence-corrected chi connectivity index (χ2v) is 6.37.